The van der Waals surface area contributed by atoms with Crippen LogP contribution in [0.25, 0.3) is 0 Å². The maximum atomic E-state index is 13.3. The molecule has 6 unspecified atom stereocenters. The molecule has 3 saturated carbocycles. The zero-order chi connectivity index (χ0) is 22.5. The van der Waals surface area contributed by atoms with E-state index in [-0.39, 0.29) is 23.4 Å². The topological polar surface area (TPSA) is 65.0 Å². The summed E-state index contributed by atoms with van der Waals surface area (Å²) in [6, 6.07) is 0. The van der Waals surface area contributed by atoms with Crippen molar-refractivity contribution in [3.05, 3.63) is 0 Å². The predicted octanol–water partition coefficient (Wildman–Crippen LogP) is 4.85. The number of ether oxygens (including phenoxy) is 3. The molecule has 6 atom stereocenters. The summed E-state index contributed by atoms with van der Waals surface area (Å²) < 4.78 is 16.4. The molecule has 3 fully saturated rings. The van der Waals surface area contributed by atoms with Gasteiger partial charge in [-0.05, 0) is 86.9 Å². The standard InChI is InChI=1S/C26H46O5/c1-19(2)20-6-8-22-21(18-20)7-9-23-25(22,3)10-5-11-26(23,4)24(28)31-17-16-30-15-14-29-13-12-27/h19-23,27H,5-18H2,1-4H3. The summed E-state index contributed by atoms with van der Waals surface area (Å²) in [4.78, 5) is 13.3. The third-order valence-electron chi connectivity index (χ3n) is 9.15. The Labute approximate surface area is 189 Å². The van der Waals surface area contributed by atoms with Gasteiger partial charge >= 0.3 is 5.97 Å². The van der Waals surface area contributed by atoms with E-state index in [2.05, 4.69) is 27.7 Å². The summed E-state index contributed by atoms with van der Waals surface area (Å²) in [5.41, 5.74) is -0.0888. The van der Waals surface area contributed by atoms with Crippen molar-refractivity contribution in [2.45, 2.75) is 79.1 Å². The Balaban J connectivity index is 1.54. The minimum absolute atomic E-state index is 0.0159. The quantitative estimate of drug-likeness (QED) is 0.390. The van der Waals surface area contributed by atoms with Gasteiger partial charge in [-0.15, -0.1) is 0 Å². The van der Waals surface area contributed by atoms with E-state index in [1.807, 2.05) is 0 Å². The average molecular weight is 439 g/mol. The Kier molecular flexibility index (Phi) is 8.85. The zero-order valence-corrected chi connectivity index (χ0v) is 20.4. The summed E-state index contributed by atoms with van der Waals surface area (Å²) in [6.07, 6.45) is 9.92. The summed E-state index contributed by atoms with van der Waals surface area (Å²) in [6.45, 7) is 11.4. The van der Waals surface area contributed by atoms with E-state index in [4.69, 9.17) is 19.3 Å². The van der Waals surface area contributed by atoms with Crippen LogP contribution in [0.5, 0.6) is 0 Å². The second-order valence-corrected chi connectivity index (χ2v) is 11.2. The average Bonchev–Trinajstić information content (AvgIpc) is 2.75. The Morgan fingerprint density at radius 2 is 1.68 bits per heavy atom. The molecule has 180 valence electrons. The van der Waals surface area contributed by atoms with Gasteiger partial charge < -0.3 is 19.3 Å². The Hall–Kier alpha value is -0.650. The summed E-state index contributed by atoms with van der Waals surface area (Å²) in [7, 11) is 0. The van der Waals surface area contributed by atoms with Crippen molar-refractivity contribution in [2.24, 2.45) is 40.4 Å². The Bertz CT molecular complexity index is 578. The highest BCUT2D eigenvalue weighted by molar-refractivity contribution is 5.77. The van der Waals surface area contributed by atoms with Crippen molar-refractivity contribution in [1.29, 1.82) is 0 Å². The summed E-state index contributed by atoms with van der Waals surface area (Å²) in [5.74, 6) is 3.72. The first-order chi connectivity index (χ1) is 14.8. The lowest BCUT2D eigenvalue weighted by molar-refractivity contribution is -0.180. The zero-order valence-electron chi connectivity index (χ0n) is 20.4. The van der Waals surface area contributed by atoms with Crippen LogP contribution >= 0.6 is 0 Å². The van der Waals surface area contributed by atoms with Gasteiger partial charge in [0.05, 0.1) is 38.4 Å². The van der Waals surface area contributed by atoms with E-state index in [1.165, 1.54) is 38.5 Å². The van der Waals surface area contributed by atoms with Crippen molar-refractivity contribution >= 4 is 5.97 Å². The van der Waals surface area contributed by atoms with Gasteiger partial charge in [-0.2, -0.15) is 0 Å². The molecule has 0 aromatic carbocycles. The number of rotatable bonds is 10. The third kappa shape index (κ3) is 5.47. The van der Waals surface area contributed by atoms with E-state index < -0.39 is 0 Å². The minimum atomic E-state index is -0.364. The number of carbonyl (C=O) groups excluding carboxylic acids is 1. The van der Waals surface area contributed by atoms with Gasteiger partial charge in [-0.25, -0.2) is 0 Å². The fraction of sp³-hybridized carbons (Fsp3) is 0.962. The van der Waals surface area contributed by atoms with Crippen LogP contribution in [0.3, 0.4) is 0 Å². The molecule has 31 heavy (non-hydrogen) atoms. The lowest BCUT2D eigenvalue weighted by atomic mass is 9.43. The van der Waals surface area contributed by atoms with Crippen LogP contribution in [0.15, 0.2) is 0 Å². The molecule has 3 aliphatic rings. The number of fused-ring (bicyclic) bond motifs is 3. The minimum Gasteiger partial charge on any atom is -0.463 e. The largest absolute Gasteiger partial charge is 0.463 e. The van der Waals surface area contributed by atoms with E-state index in [0.717, 1.165) is 36.5 Å². The highest BCUT2D eigenvalue weighted by atomic mass is 16.6. The molecule has 0 aliphatic heterocycles. The number of esters is 1. The molecule has 0 heterocycles. The van der Waals surface area contributed by atoms with Crippen LogP contribution in [0.4, 0.5) is 0 Å². The molecule has 0 amide bonds. The monoisotopic (exact) mass is 438 g/mol. The number of carbonyl (C=O) groups is 1. The number of hydrogen-bond donors (Lipinski definition) is 1. The predicted molar refractivity (Wildman–Crippen MR) is 122 cm³/mol. The van der Waals surface area contributed by atoms with E-state index >= 15 is 0 Å². The van der Waals surface area contributed by atoms with Crippen molar-refractivity contribution in [1.82, 2.24) is 0 Å². The van der Waals surface area contributed by atoms with Gasteiger partial charge in [0, 0.05) is 0 Å². The van der Waals surface area contributed by atoms with Gasteiger partial charge in [0.15, 0.2) is 0 Å². The normalized spacial score (nSPS) is 37.9. The molecule has 5 heteroatoms. The first-order valence-electron chi connectivity index (χ1n) is 12.8. The number of hydrogen-bond acceptors (Lipinski definition) is 5. The van der Waals surface area contributed by atoms with Crippen LogP contribution in [0.1, 0.15) is 79.1 Å². The lowest BCUT2D eigenvalue weighted by Crippen LogP contribution is -2.56. The van der Waals surface area contributed by atoms with Crippen LogP contribution in [0, 0.1) is 40.4 Å². The molecule has 3 rings (SSSR count). The maximum absolute atomic E-state index is 13.3. The lowest BCUT2D eigenvalue weighted by Gasteiger charge is -2.61. The molecule has 0 aromatic heterocycles. The van der Waals surface area contributed by atoms with Gasteiger partial charge in [-0.3, -0.25) is 4.79 Å². The maximum Gasteiger partial charge on any atom is 0.312 e. The van der Waals surface area contributed by atoms with E-state index in [9.17, 15) is 4.79 Å². The van der Waals surface area contributed by atoms with Crippen LogP contribution in [-0.4, -0.2) is 50.7 Å². The second kappa shape index (κ2) is 11.0. The van der Waals surface area contributed by atoms with Crippen LogP contribution in [0.2, 0.25) is 0 Å². The Morgan fingerprint density at radius 3 is 2.39 bits per heavy atom. The van der Waals surface area contributed by atoms with Gasteiger partial charge in [0.1, 0.15) is 6.61 Å². The fourth-order valence-electron chi connectivity index (χ4n) is 7.47. The van der Waals surface area contributed by atoms with Crippen molar-refractivity contribution in [3.8, 4) is 0 Å². The van der Waals surface area contributed by atoms with Crippen molar-refractivity contribution in [3.63, 3.8) is 0 Å². The van der Waals surface area contributed by atoms with Crippen LogP contribution < -0.4 is 0 Å². The third-order valence-corrected chi connectivity index (χ3v) is 9.15. The summed E-state index contributed by atoms with van der Waals surface area (Å²) >= 11 is 0. The number of aliphatic hydroxyl groups excluding tert-OH is 1. The molecule has 3 aliphatic carbocycles. The smallest absolute Gasteiger partial charge is 0.312 e. The van der Waals surface area contributed by atoms with E-state index in [0.29, 0.717) is 39.0 Å². The summed E-state index contributed by atoms with van der Waals surface area (Å²) in [5, 5.41) is 8.69. The van der Waals surface area contributed by atoms with Gasteiger partial charge in [-0.1, -0.05) is 27.2 Å². The molecule has 0 radical (unpaired) electrons. The first kappa shape index (κ1) is 25.0. The van der Waals surface area contributed by atoms with Crippen LogP contribution in [-0.2, 0) is 19.0 Å². The highest BCUT2D eigenvalue weighted by Crippen LogP contribution is 2.64. The van der Waals surface area contributed by atoms with Crippen molar-refractivity contribution < 1.29 is 24.1 Å². The SMILES string of the molecule is CC(C)C1CCC2C(CCC3C(C)(C(=O)OCCOCCOCCO)CCCC23C)C1. The molecule has 0 bridgehead atoms. The molecule has 5 nitrogen and oxygen atoms in total. The molecule has 0 aromatic rings. The second-order valence-electron chi connectivity index (χ2n) is 11.2. The molecular formula is C26H46O5. The van der Waals surface area contributed by atoms with E-state index in [1.54, 1.807) is 0 Å². The number of aliphatic hydroxyl groups is 1. The molecule has 0 saturated heterocycles. The Morgan fingerprint density at radius 1 is 0.968 bits per heavy atom. The highest BCUT2D eigenvalue weighted by Gasteiger charge is 2.59. The van der Waals surface area contributed by atoms with Gasteiger partial charge in [0.25, 0.3) is 0 Å². The fourth-order valence-corrected chi connectivity index (χ4v) is 7.47. The molecule has 1 N–H and O–H groups in total. The molecular weight excluding hydrogens is 392 g/mol. The van der Waals surface area contributed by atoms with Gasteiger partial charge in [0.2, 0.25) is 0 Å². The van der Waals surface area contributed by atoms with Crippen molar-refractivity contribution in [2.75, 3.05) is 39.6 Å². The first-order valence-corrected chi connectivity index (χ1v) is 12.8. The molecule has 0 spiro atoms.